The minimum absolute atomic E-state index is 0.250. The van der Waals surface area contributed by atoms with E-state index in [4.69, 9.17) is 30.6 Å². The predicted molar refractivity (Wildman–Crippen MR) is 52.3 cm³/mol. The van der Waals surface area contributed by atoms with Crippen molar-refractivity contribution in [3.05, 3.63) is 0 Å². The molecule has 7 nitrogen and oxygen atoms in total. The molecule has 0 aliphatic rings. The van der Waals surface area contributed by atoms with Crippen molar-refractivity contribution in [2.75, 3.05) is 19.8 Å². The van der Waals surface area contributed by atoms with E-state index in [2.05, 4.69) is 0 Å². The van der Waals surface area contributed by atoms with Crippen LogP contribution in [0.2, 0.25) is 0 Å². The van der Waals surface area contributed by atoms with Gasteiger partial charge in [-0.25, -0.2) is 4.79 Å². The van der Waals surface area contributed by atoms with E-state index in [0.717, 1.165) is 0 Å². The molecule has 1 atom stereocenters. The van der Waals surface area contributed by atoms with Crippen LogP contribution in [0.25, 0.3) is 0 Å². The molecule has 15 heavy (non-hydrogen) atoms. The van der Waals surface area contributed by atoms with Crippen LogP contribution in [0.5, 0.6) is 0 Å². The summed E-state index contributed by atoms with van der Waals surface area (Å²) in [6, 6.07) is 0. The summed E-state index contributed by atoms with van der Waals surface area (Å²) < 4.78 is 0. The maximum Gasteiger partial charge on any atom is 0.332 e. The first kappa shape index (κ1) is 19.8. The number of aliphatic hydroxyl groups is 5. The highest BCUT2D eigenvalue weighted by molar-refractivity contribution is 5.71. The number of carboxylic acid groups (broad SMARTS) is 1. The number of rotatable bonds is 3. The Labute approximate surface area is 88.2 Å². The van der Waals surface area contributed by atoms with Crippen LogP contribution in [-0.4, -0.2) is 68.6 Å². The molecule has 0 aliphatic heterocycles. The fraction of sp³-hybridized carbons (Fsp3) is 0.875. The quantitative estimate of drug-likeness (QED) is 0.322. The highest BCUT2D eigenvalue weighted by atomic mass is 16.4. The second kappa shape index (κ2) is 15.7. The van der Waals surface area contributed by atoms with Gasteiger partial charge in [-0.1, -0.05) is 0 Å². The Morgan fingerprint density at radius 2 is 1.33 bits per heavy atom. The van der Waals surface area contributed by atoms with Crippen LogP contribution in [0.15, 0.2) is 0 Å². The Bertz CT molecular complexity index is 122. The van der Waals surface area contributed by atoms with Crippen LogP contribution in [-0.2, 0) is 4.79 Å². The Morgan fingerprint density at radius 1 is 1.13 bits per heavy atom. The first-order valence-corrected chi connectivity index (χ1v) is 4.28. The van der Waals surface area contributed by atoms with Gasteiger partial charge in [-0.15, -0.1) is 0 Å². The van der Waals surface area contributed by atoms with Gasteiger partial charge in [0.15, 0.2) is 0 Å². The highest BCUT2D eigenvalue weighted by Gasteiger charge is 2.01. The zero-order chi connectivity index (χ0) is 12.9. The van der Waals surface area contributed by atoms with E-state index in [0.29, 0.717) is 0 Å². The van der Waals surface area contributed by atoms with Crippen LogP contribution < -0.4 is 0 Å². The van der Waals surface area contributed by atoms with E-state index in [1.165, 1.54) is 6.92 Å². The molecule has 0 aromatic rings. The summed E-state index contributed by atoms with van der Waals surface area (Å²) in [6.07, 6.45) is -2.19. The van der Waals surface area contributed by atoms with E-state index in [1.807, 2.05) is 0 Å². The molecule has 1 unspecified atom stereocenters. The predicted octanol–water partition coefficient (Wildman–Crippen LogP) is -2.22. The Kier molecular flexibility index (Phi) is 20.7. The molecule has 0 fully saturated rings. The van der Waals surface area contributed by atoms with E-state index in [9.17, 15) is 4.79 Å². The van der Waals surface area contributed by atoms with Gasteiger partial charge in [-0.2, -0.15) is 0 Å². The van der Waals surface area contributed by atoms with Gasteiger partial charge in [0.2, 0.25) is 0 Å². The van der Waals surface area contributed by atoms with Crippen molar-refractivity contribution < 1.29 is 35.4 Å². The molecule has 6 N–H and O–H groups in total. The molecule has 94 valence electrons. The van der Waals surface area contributed by atoms with Crippen LogP contribution >= 0.6 is 0 Å². The SMILES string of the molecule is CC(O)C(=O)O.CCO.OCC(O)CO. The van der Waals surface area contributed by atoms with Gasteiger partial charge in [0, 0.05) is 6.61 Å². The number of aliphatic carboxylic acids is 1. The van der Waals surface area contributed by atoms with Crippen LogP contribution in [0.1, 0.15) is 13.8 Å². The molecule has 0 spiro atoms. The summed E-state index contributed by atoms with van der Waals surface area (Å²) in [6.45, 7) is 2.40. The molecule has 0 aromatic carbocycles. The van der Waals surface area contributed by atoms with Crippen LogP contribution in [0.4, 0.5) is 0 Å². The van der Waals surface area contributed by atoms with Gasteiger partial charge in [0.25, 0.3) is 0 Å². The number of hydrogen-bond acceptors (Lipinski definition) is 6. The van der Waals surface area contributed by atoms with E-state index >= 15 is 0 Å². The maximum absolute atomic E-state index is 9.45. The van der Waals surface area contributed by atoms with Gasteiger partial charge in [0.05, 0.1) is 13.2 Å². The Balaban J connectivity index is -0.000000153. The Hall–Kier alpha value is -0.730. The number of carbonyl (C=O) groups is 1. The lowest BCUT2D eigenvalue weighted by atomic mass is 10.4. The minimum atomic E-state index is -1.23. The molecule has 0 saturated carbocycles. The van der Waals surface area contributed by atoms with Crippen LogP contribution in [0, 0.1) is 0 Å². The maximum atomic E-state index is 9.45. The molecular weight excluding hydrogens is 208 g/mol. The summed E-state index contributed by atoms with van der Waals surface area (Å²) in [5, 5.41) is 47.4. The number of aliphatic hydroxyl groups excluding tert-OH is 5. The second-order valence-corrected chi connectivity index (χ2v) is 2.35. The van der Waals surface area contributed by atoms with Crippen molar-refractivity contribution in [3.8, 4) is 0 Å². The molecule has 0 rings (SSSR count). The van der Waals surface area contributed by atoms with Crippen molar-refractivity contribution in [2.24, 2.45) is 0 Å². The van der Waals surface area contributed by atoms with Gasteiger partial charge >= 0.3 is 5.97 Å². The topological polar surface area (TPSA) is 138 Å². The zero-order valence-corrected chi connectivity index (χ0v) is 8.87. The van der Waals surface area contributed by atoms with E-state index in [1.54, 1.807) is 6.92 Å². The van der Waals surface area contributed by atoms with Crippen molar-refractivity contribution in [1.82, 2.24) is 0 Å². The summed E-state index contributed by atoms with van der Waals surface area (Å²) in [4.78, 5) is 9.45. The third-order valence-corrected chi connectivity index (χ3v) is 0.779. The summed E-state index contributed by atoms with van der Waals surface area (Å²) >= 11 is 0. The van der Waals surface area contributed by atoms with Gasteiger partial charge in [0.1, 0.15) is 12.2 Å². The average molecular weight is 228 g/mol. The molecule has 0 amide bonds. The third kappa shape index (κ3) is 31.9. The molecule has 0 aromatic heterocycles. The smallest absolute Gasteiger partial charge is 0.332 e. The molecular formula is C8H20O7. The van der Waals surface area contributed by atoms with Crippen molar-refractivity contribution in [2.45, 2.75) is 26.1 Å². The van der Waals surface area contributed by atoms with E-state index < -0.39 is 18.2 Å². The summed E-state index contributed by atoms with van der Waals surface area (Å²) in [5.74, 6) is -1.19. The fourth-order valence-electron chi connectivity index (χ4n) is 0.0577. The van der Waals surface area contributed by atoms with Crippen molar-refractivity contribution in [1.29, 1.82) is 0 Å². The standard InChI is InChI=1S/C3H8O3.C3H6O3.C2H6O/c4-1-3(6)2-5;1-2(4)3(5)6;1-2-3/h3-6H,1-2H2;2,4H,1H3,(H,5,6);3H,2H2,1H3. The van der Waals surface area contributed by atoms with E-state index in [-0.39, 0.29) is 19.8 Å². The molecule has 0 heterocycles. The number of carboxylic acids is 1. The van der Waals surface area contributed by atoms with Crippen molar-refractivity contribution in [3.63, 3.8) is 0 Å². The first-order chi connectivity index (χ1) is 6.87. The molecule has 0 radical (unpaired) electrons. The Morgan fingerprint density at radius 3 is 1.33 bits per heavy atom. The lowest BCUT2D eigenvalue weighted by Crippen LogP contribution is -2.15. The molecule has 0 aliphatic carbocycles. The lowest BCUT2D eigenvalue weighted by Gasteiger charge is -1.96. The number of hydrogen-bond donors (Lipinski definition) is 6. The van der Waals surface area contributed by atoms with Gasteiger partial charge in [-0.05, 0) is 13.8 Å². The normalized spacial score (nSPS) is 10.7. The monoisotopic (exact) mass is 228 g/mol. The van der Waals surface area contributed by atoms with Crippen molar-refractivity contribution >= 4 is 5.97 Å². The molecule has 7 heteroatoms. The summed E-state index contributed by atoms with van der Waals surface area (Å²) in [5.41, 5.74) is 0. The third-order valence-electron chi connectivity index (χ3n) is 0.779. The van der Waals surface area contributed by atoms with Crippen LogP contribution in [0.3, 0.4) is 0 Å². The first-order valence-electron chi connectivity index (χ1n) is 4.28. The van der Waals surface area contributed by atoms with Gasteiger partial charge < -0.3 is 30.6 Å². The molecule has 0 bridgehead atoms. The second-order valence-electron chi connectivity index (χ2n) is 2.35. The zero-order valence-electron chi connectivity index (χ0n) is 8.87. The minimum Gasteiger partial charge on any atom is -0.479 e. The van der Waals surface area contributed by atoms with Gasteiger partial charge in [-0.3, -0.25) is 0 Å². The fourth-order valence-corrected chi connectivity index (χ4v) is 0.0577. The summed E-state index contributed by atoms with van der Waals surface area (Å²) in [7, 11) is 0. The average Bonchev–Trinajstić information content (AvgIpc) is 2.18. The molecule has 0 saturated heterocycles. The lowest BCUT2D eigenvalue weighted by molar-refractivity contribution is -0.145. The highest BCUT2D eigenvalue weighted by Crippen LogP contribution is 1.73. The largest absolute Gasteiger partial charge is 0.479 e.